The molecule has 1 fully saturated rings. The maximum atomic E-state index is 12.7. The lowest BCUT2D eigenvalue weighted by Crippen LogP contribution is -2.43. The van der Waals surface area contributed by atoms with Crippen molar-refractivity contribution in [2.24, 2.45) is 0 Å². The Kier molecular flexibility index (Phi) is 4.05. The summed E-state index contributed by atoms with van der Waals surface area (Å²) in [4.78, 5) is 35.7. The Balaban J connectivity index is 1.64. The molecule has 2 aromatic heterocycles. The Morgan fingerprint density at radius 1 is 1.17 bits per heavy atom. The summed E-state index contributed by atoms with van der Waals surface area (Å²) in [5.41, 5.74) is 0.790. The smallest absolute Gasteiger partial charge is 0.282 e. The van der Waals surface area contributed by atoms with E-state index in [-0.39, 0.29) is 18.0 Å². The van der Waals surface area contributed by atoms with Crippen molar-refractivity contribution in [3.63, 3.8) is 0 Å². The summed E-state index contributed by atoms with van der Waals surface area (Å²) in [6.07, 6.45) is 5.70. The van der Waals surface area contributed by atoms with Gasteiger partial charge in [0.05, 0.1) is 13.2 Å². The first-order valence-corrected chi connectivity index (χ1v) is 8.54. The zero-order chi connectivity index (χ0) is 16.5. The lowest BCUT2D eigenvalue weighted by atomic mass is 10.2. The van der Waals surface area contributed by atoms with Gasteiger partial charge in [-0.25, -0.2) is 9.97 Å². The van der Waals surface area contributed by atoms with Crippen LogP contribution in [0.1, 0.15) is 25.1 Å². The maximum absolute atomic E-state index is 12.7. The van der Waals surface area contributed by atoms with Gasteiger partial charge in [-0.1, -0.05) is 6.42 Å². The molecular weight excluding hydrogens is 310 g/mol. The topological polar surface area (TPSA) is 82.2 Å². The van der Waals surface area contributed by atoms with E-state index in [1.54, 1.807) is 4.90 Å². The minimum Gasteiger partial charge on any atom is -0.378 e. The van der Waals surface area contributed by atoms with Crippen molar-refractivity contribution in [1.29, 1.82) is 0 Å². The highest BCUT2D eigenvalue weighted by Gasteiger charge is 2.21. The van der Waals surface area contributed by atoms with Crippen LogP contribution in [-0.4, -0.2) is 56.2 Å². The van der Waals surface area contributed by atoms with E-state index in [4.69, 9.17) is 4.74 Å². The fraction of sp³-hybridized carbons (Fsp3) is 0.625. The van der Waals surface area contributed by atoms with E-state index in [9.17, 15) is 9.59 Å². The van der Waals surface area contributed by atoms with Crippen molar-refractivity contribution < 1.29 is 9.53 Å². The molecule has 0 bridgehead atoms. The third-order valence-electron chi connectivity index (χ3n) is 4.75. The molecule has 1 saturated heterocycles. The molecule has 0 atom stereocenters. The molecule has 0 unspecified atom stereocenters. The summed E-state index contributed by atoms with van der Waals surface area (Å²) in [5.74, 6) is 0.853. The first-order chi connectivity index (χ1) is 11.7. The van der Waals surface area contributed by atoms with Crippen molar-refractivity contribution >= 4 is 17.1 Å². The lowest BCUT2D eigenvalue weighted by molar-refractivity contribution is -0.135. The van der Waals surface area contributed by atoms with Crippen LogP contribution in [0.25, 0.3) is 11.2 Å². The molecule has 4 heterocycles. The van der Waals surface area contributed by atoms with Crippen LogP contribution >= 0.6 is 0 Å². The number of carbonyl (C=O) groups excluding carboxylic acids is 1. The van der Waals surface area contributed by atoms with Crippen LogP contribution in [0, 0.1) is 0 Å². The molecule has 0 spiro atoms. The largest absolute Gasteiger partial charge is 0.378 e. The van der Waals surface area contributed by atoms with E-state index < -0.39 is 0 Å². The molecular formula is C16H21N5O3. The van der Waals surface area contributed by atoms with E-state index in [0.29, 0.717) is 37.5 Å². The number of carbonyl (C=O) groups is 1. The number of aromatic nitrogens is 4. The van der Waals surface area contributed by atoms with Gasteiger partial charge in [0.25, 0.3) is 5.56 Å². The number of hydrogen-bond acceptors (Lipinski definition) is 5. The van der Waals surface area contributed by atoms with E-state index >= 15 is 0 Å². The van der Waals surface area contributed by atoms with Gasteiger partial charge in [-0.05, 0) is 12.8 Å². The molecule has 8 heteroatoms. The van der Waals surface area contributed by atoms with Crippen LogP contribution in [0.15, 0.2) is 11.1 Å². The number of ether oxygens (including phenoxy) is 1. The van der Waals surface area contributed by atoms with Crippen LogP contribution in [0.4, 0.5) is 0 Å². The Morgan fingerprint density at radius 2 is 2.00 bits per heavy atom. The summed E-state index contributed by atoms with van der Waals surface area (Å²) >= 11 is 0. The monoisotopic (exact) mass is 331 g/mol. The molecule has 0 saturated carbocycles. The van der Waals surface area contributed by atoms with Gasteiger partial charge >= 0.3 is 0 Å². The van der Waals surface area contributed by atoms with E-state index in [1.165, 1.54) is 17.3 Å². The number of aryl methyl sites for hydroxylation is 2. The Morgan fingerprint density at radius 3 is 2.83 bits per heavy atom. The van der Waals surface area contributed by atoms with Gasteiger partial charge in [0.2, 0.25) is 5.91 Å². The van der Waals surface area contributed by atoms with Crippen LogP contribution < -0.4 is 5.56 Å². The Labute approximate surface area is 139 Å². The second kappa shape index (κ2) is 6.35. The van der Waals surface area contributed by atoms with Gasteiger partial charge in [-0.2, -0.15) is 0 Å². The van der Waals surface area contributed by atoms with Gasteiger partial charge in [0.15, 0.2) is 11.2 Å². The lowest BCUT2D eigenvalue weighted by Gasteiger charge is -2.26. The van der Waals surface area contributed by atoms with Crippen molar-refractivity contribution in [3.05, 3.63) is 22.5 Å². The number of morpholine rings is 1. The van der Waals surface area contributed by atoms with Crippen molar-refractivity contribution in [2.75, 3.05) is 26.3 Å². The Bertz CT molecular complexity index is 819. The fourth-order valence-electron chi connectivity index (χ4n) is 3.40. The Hall–Kier alpha value is -2.22. The zero-order valence-electron chi connectivity index (χ0n) is 13.6. The standard InChI is InChI=1S/C16H21N5O3/c22-13(19-6-8-24-9-7-19)10-20-11-17-15-14(16(20)23)18-12-4-2-1-3-5-21(12)15/h11H,1-10H2. The predicted molar refractivity (Wildman–Crippen MR) is 86.7 cm³/mol. The van der Waals surface area contributed by atoms with Crippen LogP contribution in [0.5, 0.6) is 0 Å². The molecule has 128 valence electrons. The SMILES string of the molecule is O=C(Cn1cnc2c(nc3n2CCCCC3)c1=O)N1CCOCC1. The molecule has 2 aromatic rings. The average Bonchev–Trinajstić information content (AvgIpc) is 2.80. The molecule has 24 heavy (non-hydrogen) atoms. The van der Waals surface area contributed by atoms with Gasteiger partial charge in [-0.15, -0.1) is 0 Å². The predicted octanol–water partition coefficient (Wildman–Crippen LogP) is 0.178. The third kappa shape index (κ3) is 2.71. The summed E-state index contributed by atoms with van der Waals surface area (Å²) in [6.45, 7) is 3.10. The summed E-state index contributed by atoms with van der Waals surface area (Å²) in [7, 11) is 0. The molecule has 4 rings (SSSR count). The van der Waals surface area contributed by atoms with Gasteiger partial charge in [-0.3, -0.25) is 14.2 Å². The molecule has 0 N–H and O–H groups in total. The summed E-state index contributed by atoms with van der Waals surface area (Å²) < 4.78 is 8.67. The van der Waals surface area contributed by atoms with E-state index in [2.05, 4.69) is 14.5 Å². The second-order valence-corrected chi connectivity index (χ2v) is 6.33. The number of nitrogens with zero attached hydrogens (tertiary/aromatic N) is 5. The average molecular weight is 331 g/mol. The van der Waals surface area contributed by atoms with Crippen LogP contribution in [0.3, 0.4) is 0 Å². The summed E-state index contributed by atoms with van der Waals surface area (Å²) in [6, 6.07) is 0. The summed E-state index contributed by atoms with van der Waals surface area (Å²) in [5, 5.41) is 0. The highest BCUT2D eigenvalue weighted by atomic mass is 16.5. The van der Waals surface area contributed by atoms with Gasteiger partial charge in [0, 0.05) is 26.1 Å². The minimum absolute atomic E-state index is 0.00394. The molecule has 8 nitrogen and oxygen atoms in total. The molecule has 1 amide bonds. The molecule has 0 radical (unpaired) electrons. The first kappa shape index (κ1) is 15.3. The molecule has 2 aliphatic rings. The highest BCUT2D eigenvalue weighted by Crippen LogP contribution is 2.18. The maximum Gasteiger partial charge on any atom is 0.282 e. The van der Waals surface area contributed by atoms with Gasteiger partial charge in [0.1, 0.15) is 18.7 Å². The van der Waals surface area contributed by atoms with Crippen molar-refractivity contribution in [1.82, 2.24) is 24.0 Å². The fourth-order valence-corrected chi connectivity index (χ4v) is 3.40. The van der Waals surface area contributed by atoms with Crippen molar-refractivity contribution in [3.8, 4) is 0 Å². The minimum atomic E-state index is -0.234. The van der Waals surface area contributed by atoms with Crippen molar-refractivity contribution in [2.45, 2.75) is 38.8 Å². The normalized spacial score (nSPS) is 18.4. The van der Waals surface area contributed by atoms with E-state index in [0.717, 1.165) is 31.6 Å². The molecule has 2 aliphatic heterocycles. The number of rotatable bonds is 2. The van der Waals surface area contributed by atoms with Crippen LogP contribution in [-0.2, 0) is 29.0 Å². The van der Waals surface area contributed by atoms with Crippen LogP contribution in [0.2, 0.25) is 0 Å². The van der Waals surface area contributed by atoms with E-state index in [1.807, 2.05) is 0 Å². The third-order valence-corrected chi connectivity index (χ3v) is 4.75. The number of amides is 1. The molecule has 0 aromatic carbocycles. The number of fused-ring (bicyclic) bond motifs is 3. The molecule has 0 aliphatic carbocycles. The van der Waals surface area contributed by atoms with Gasteiger partial charge < -0.3 is 14.2 Å². The quantitative estimate of drug-likeness (QED) is 0.784. The second-order valence-electron chi connectivity index (χ2n) is 6.33. The number of imidazole rings is 1. The highest BCUT2D eigenvalue weighted by molar-refractivity contribution is 5.77. The first-order valence-electron chi connectivity index (χ1n) is 8.54. The zero-order valence-corrected chi connectivity index (χ0v) is 13.6. The number of hydrogen-bond donors (Lipinski definition) is 0.